The van der Waals surface area contributed by atoms with Crippen LogP contribution in [-0.2, 0) is 4.79 Å². The van der Waals surface area contributed by atoms with E-state index in [1.54, 1.807) is 0 Å². The van der Waals surface area contributed by atoms with Crippen molar-refractivity contribution in [2.45, 2.75) is 26.3 Å². The highest BCUT2D eigenvalue weighted by atomic mass is 35.5. The fourth-order valence-electron chi connectivity index (χ4n) is 2.75. The SMILES string of the molecule is CN1CCC(=O)C(C)(C)C1c1ccc(Cl)cc1. The van der Waals surface area contributed by atoms with Crippen molar-refractivity contribution in [2.75, 3.05) is 13.6 Å². The molecule has 0 radical (unpaired) electrons. The number of halogens is 1. The average molecular weight is 252 g/mol. The molecule has 3 heteroatoms. The van der Waals surface area contributed by atoms with E-state index in [1.165, 1.54) is 0 Å². The number of rotatable bonds is 1. The van der Waals surface area contributed by atoms with Gasteiger partial charge in [-0.3, -0.25) is 9.69 Å². The fourth-order valence-corrected chi connectivity index (χ4v) is 2.87. The third-order valence-corrected chi connectivity index (χ3v) is 3.97. The van der Waals surface area contributed by atoms with Crippen molar-refractivity contribution in [3.8, 4) is 0 Å². The first-order chi connectivity index (χ1) is 7.93. The molecular weight excluding hydrogens is 234 g/mol. The summed E-state index contributed by atoms with van der Waals surface area (Å²) in [5.74, 6) is 0.343. The Morgan fingerprint density at radius 3 is 2.47 bits per heavy atom. The summed E-state index contributed by atoms with van der Waals surface area (Å²) >= 11 is 5.91. The first-order valence-corrected chi connectivity index (χ1v) is 6.29. The van der Waals surface area contributed by atoms with E-state index in [2.05, 4.69) is 11.9 Å². The molecule has 1 aliphatic rings. The lowest BCUT2D eigenvalue weighted by molar-refractivity contribution is -0.135. The fraction of sp³-hybridized carbons (Fsp3) is 0.500. The van der Waals surface area contributed by atoms with E-state index in [9.17, 15) is 4.79 Å². The number of benzene rings is 1. The van der Waals surface area contributed by atoms with Crippen molar-refractivity contribution in [1.82, 2.24) is 4.90 Å². The summed E-state index contributed by atoms with van der Waals surface area (Å²) in [6.07, 6.45) is 0.646. The second kappa shape index (κ2) is 4.43. The minimum absolute atomic E-state index is 0.140. The van der Waals surface area contributed by atoms with E-state index < -0.39 is 0 Å². The highest BCUT2D eigenvalue weighted by Crippen LogP contribution is 2.42. The topological polar surface area (TPSA) is 20.3 Å². The molecule has 1 aliphatic heterocycles. The molecular formula is C14H18ClNO. The van der Waals surface area contributed by atoms with E-state index in [0.717, 1.165) is 17.1 Å². The van der Waals surface area contributed by atoms with Gasteiger partial charge in [-0.05, 0) is 24.7 Å². The monoisotopic (exact) mass is 251 g/mol. The number of nitrogens with zero attached hydrogens (tertiary/aromatic N) is 1. The lowest BCUT2D eigenvalue weighted by Crippen LogP contribution is -2.47. The summed E-state index contributed by atoms with van der Waals surface area (Å²) in [5, 5.41) is 0.733. The molecule has 2 rings (SSSR count). The van der Waals surface area contributed by atoms with Crippen LogP contribution in [0.15, 0.2) is 24.3 Å². The van der Waals surface area contributed by atoms with Gasteiger partial charge in [0.15, 0.2) is 0 Å². The normalized spacial score (nSPS) is 24.9. The lowest BCUT2D eigenvalue weighted by atomic mass is 9.73. The molecule has 1 saturated heterocycles. The maximum atomic E-state index is 12.1. The molecule has 0 saturated carbocycles. The van der Waals surface area contributed by atoms with Gasteiger partial charge in [0.05, 0.1) is 0 Å². The molecule has 92 valence electrons. The summed E-state index contributed by atoms with van der Waals surface area (Å²) in [6.45, 7) is 4.89. The summed E-state index contributed by atoms with van der Waals surface area (Å²) in [5.41, 5.74) is 0.829. The van der Waals surface area contributed by atoms with E-state index >= 15 is 0 Å². The number of carbonyl (C=O) groups excluding carboxylic acids is 1. The molecule has 0 aliphatic carbocycles. The van der Waals surface area contributed by atoms with Gasteiger partial charge in [-0.25, -0.2) is 0 Å². The smallest absolute Gasteiger partial charge is 0.141 e. The number of hydrogen-bond acceptors (Lipinski definition) is 2. The Morgan fingerprint density at radius 2 is 1.88 bits per heavy atom. The molecule has 0 N–H and O–H groups in total. The molecule has 17 heavy (non-hydrogen) atoms. The van der Waals surface area contributed by atoms with E-state index in [-0.39, 0.29) is 11.5 Å². The van der Waals surface area contributed by atoms with Gasteiger partial charge >= 0.3 is 0 Å². The number of hydrogen-bond donors (Lipinski definition) is 0. The van der Waals surface area contributed by atoms with Crippen LogP contribution in [0.1, 0.15) is 31.9 Å². The molecule has 1 aromatic rings. The van der Waals surface area contributed by atoms with Gasteiger partial charge in [-0.1, -0.05) is 37.6 Å². The number of likely N-dealkylation sites (tertiary alicyclic amines) is 1. The predicted octanol–water partition coefficient (Wildman–Crippen LogP) is 3.31. The Hall–Kier alpha value is -0.860. The highest BCUT2D eigenvalue weighted by molar-refractivity contribution is 6.30. The van der Waals surface area contributed by atoms with Gasteiger partial charge in [0.1, 0.15) is 5.78 Å². The van der Waals surface area contributed by atoms with Crippen LogP contribution in [0.25, 0.3) is 0 Å². The van der Waals surface area contributed by atoms with Crippen LogP contribution in [0.2, 0.25) is 5.02 Å². The van der Waals surface area contributed by atoms with E-state index in [1.807, 2.05) is 38.1 Å². The maximum Gasteiger partial charge on any atom is 0.141 e. The van der Waals surface area contributed by atoms with Gasteiger partial charge in [0, 0.05) is 29.4 Å². The third kappa shape index (κ3) is 2.24. The van der Waals surface area contributed by atoms with E-state index in [0.29, 0.717) is 12.2 Å². The van der Waals surface area contributed by atoms with Crippen LogP contribution in [0.4, 0.5) is 0 Å². The van der Waals surface area contributed by atoms with Gasteiger partial charge in [0.25, 0.3) is 0 Å². The van der Waals surface area contributed by atoms with Crippen LogP contribution < -0.4 is 0 Å². The van der Waals surface area contributed by atoms with Crippen LogP contribution in [0.5, 0.6) is 0 Å². The minimum atomic E-state index is -0.333. The first kappa shape index (κ1) is 12.6. The molecule has 1 heterocycles. The second-order valence-corrected chi connectivity index (χ2v) is 5.77. The second-order valence-electron chi connectivity index (χ2n) is 5.33. The molecule has 0 bridgehead atoms. The Morgan fingerprint density at radius 1 is 1.29 bits per heavy atom. The lowest BCUT2D eigenvalue weighted by Gasteiger charge is -2.44. The Balaban J connectivity index is 2.40. The number of ketones is 1. The average Bonchev–Trinajstić information content (AvgIpc) is 2.27. The maximum absolute atomic E-state index is 12.1. The van der Waals surface area contributed by atoms with E-state index in [4.69, 9.17) is 11.6 Å². The van der Waals surface area contributed by atoms with Crippen LogP contribution in [-0.4, -0.2) is 24.3 Å². The van der Waals surface area contributed by atoms with Gasteiger partial charge < -0.3 is 0 Å². The van der Waals surface area contributed by atoms with Crippen molar-refractivity contribution in [2.24, 2.45) is 5.41 Å². The van der Waals surface area contributed by atoms with Crippen molar-refractivity contribution >= 4 is 17.4 Å². The standard InChI is InChI=1S/C14H18ClNO/c1-14(2)12(17)8-9-16(3)13(14)10-4-6-11(15)7-5-10/h4-7,13H,8-9H2,1-3H3. The zero-order chi connectivity index (χ0) is 12.6. The molecule has 1 atom stereocenters. The molecule has 0 amide bonds. The van der Waals surface area contributed by atoms with Crippen LogP contribution in [0, 0.1) is 5.41 Å². The van der Waals surface area contributed by atoms with Gasteiger partial charge in [0.2, 0.25) is 0 Å². The predicted molar refractivity (Wildman–Crippen MR) is 70.2 cm³/mol. The van der Waals surface area contributed by atoms with Gasteiger partial charge in [-0.2, -0.15) is 0 Å². The molecule has 1 aromatic carbocycles. The third-order valence-electron chi connectivity index (χ3n) is 3.72. The zero-order valence-electron chi connectivity index (χ0n) is 10.5. The van der Waals surface area contributed by atoms with Crippen LogP contribution >= 0.6 is 11.6 Å². The van der Waals surface area contributed by atoms with Crippen molar-refractivity contribution in [1.29, 1.82) is 0 Å². The summed E-state index contributed by atoms with van der Waals surface area (Å²) in [4.78, 5) is 14.3. The molecule has 0 spiro atoms. The molecule has 1 unspecified atom stereocenters. The Kier molecular flexibility index (Phi) is 3.28. The van der Waals surface area contributed by atoms with Crippen molar-refractivity contribution in [3.05, 3.63) is 34.9 Å². The van der Waals surface area contributed by atoms with Crippen molar-refractivity contribution < 1.29 is 4.79 Å². The Labute approximate surface area is 108 Å². The molecule has 2 nitrogen and oxygen atoms in total. The Bertz CT molecular complexity index is 424. The number of piperidine rings is 1. The van der Waals surface area contributed by atoms with Crippen LogP contribution in [0.3, 0.4) is 0 Å². The minimum Gasteiger partial charge on any atom is -0.299 e. The number of Topliss-reactive ketones (excluding diaryl/α,β-unsaturated/α-hetero) is 1. The largest absolute Gasteiger partial charge is 0.299 e. The molecule has 0 aromatic heterocycles. The quantitative estimate of drug-likeness (QED) is 0.763. The van der Waals surface area contributed by atoms with Gasteiger partial charge in [-0.15, -0.1) is 0 Å². The van der Waals surface area contributed by atoms with Crippen molar-refractivity contribution in [3.63, 3.8) is 0 Å². The summed E-state index contributed by atoms with van der Waals surface area (Å²) < 4.78 is 0. The number of carbonyl (C=O) groups is 1. The molecule has 1 fully saturated rings. The first-order valence-electron chi connectivity index (χ1n) is 5.92. The summed E-state index contributed by atoms with van der Waals surface area (Å²) in [7, 11) is 2.08. The zero-order valence-corrected chi connectivity index (χ0v) is 11.3. The highest BCUT2D eigenvalue weighted by Gasteiger charge is 2.42. The summed E-state index contributed by atoms with van der Waals surface area (Å²) in [6, 6.07) is 7.95.